The summed E-state index contributed by atoms with van der Waals surface area (Å²) in [5, 5.41) is 3.70. The smallest absolute Gasteiger partial charge is 0.0647 e. The fourth-order valence-corrected chi connectivity index (χ4v) is 3.44. The Labute approximate surface area is 112 Å². The van der Waals surface area contributed by atoms with Crippen LogP contribution in [0.1, 0.15) is 46.5 Å². The first kappa shape index (κ1) is 14.3. The average molecular weight is 254 g/mol. The number of nitrogens with zero attached hydrogens (tertiary/aromatic N) is 1. The Bertz CT molecular complexity index is 251. The quantitative estimate of drug-likeness (QED) is 0.833. The van der Waals surface area contributed by atoms with Crippen LogP contribution in [-0.2, 0) is 4.74 Å². The van der Waals surface area contributed by atoms with E-state index in [-0.39, 0.29) is 0 Å². The molecule has 2 heterocycles. The van der Waals surface area contributed by atoms with Crippen molar-refractivity contribution in [2.75, 3.05) is 32.8 Å². The standard InChI is InChI=1S/C15H30N2O/c1-4-8-16-14-6-9-17(11-13(14)2)15(3)7-5-10-18-12-15/h13-14,16H,4-12H2,1-3H3. The summed E-state index contributed by atoms with van der Waals surface area (Å²) in [7, 11) is 0. The van der Waals surface area contributed by atoms with E-state index in [4.69, 9.17) is 4.74 Å². The van der Waals surface area contributed by atoms with E-state index in [1.54, 1.807) is 0 Å². The highest BCUT2D eigenvalue weighted by Crippen LogP contribution is 2.30. The molecule has 18 heavy (non-hydrogen) atoms. The van der Waals surface area contributed by atoms with Crippen molar-refractivity contribution in [3.05, 3.63) is 0 Å². The minimum Gasteiger partial charge on any atom is -0.380 e. The van der Waals surface area contributed by atoms with E-state index in [1.807, 2.05) is 0 Å². The Balaban J connectivity index is 1.86. The number of rotatable bonds is 4. The molecular formula is C15H30N2O. The lowest BCUT2D eigenvalue weighted by Crippen LogP contribution is -2.59. The largest absolute Gasteiger partial charge is 0.380 e. The highest BCUT2D eigenvalue weighted by molar-refractivity contribution is 4.94. The fourth-order valence-electron chi connectivity index (χ4n) is 3.44. The maximum atomic E-state index is 5.71. The maximum absolute atomic E-state index is 5.71. The molecule has 3 nitrogen and oxygen atoms in total. The molecule has 2 saturated heterocycles. The lowest BCUT2D eigenvalue weighted by molar-refractivity contribution is -0.0578. The maximum Gasteiger partial charge on any atom is 0.0647 e. The molecule has 3 heteroatoms. The van der Waals surface area contributed by atoms with E-state index in [0.717, 1.165) is 25.7 Å². The van der Waals surface area contributed by atoms with Crippen LogP contribution >= 0.6 is 0 Å². The predicted octanol–water partition coefficient (Wildman–Crippen LogP) is 2.27. The summed E-state index contributed by atoms with van der Waals surface area (Å²) in [6.07, 6.45) is 5.04. The van der Waals surface area contributed by atoms with Gasteiger partial charge in [0.15, 0.2) is 0 Å². The number of hydrogen-bond donors (Lipinski definition) is 1. The molecule has 3 atom stereocenters. The Kier molecular flexibility index (Phi) is 5.05. The number of ether oxygens (including phenoxy) is 1. The zero-order chi connectivity index (χ0) is 13.0. The van der Waals surface area contributed by atoms with Crippen molar-refractivity contribution in [3.8, 4) is 0 Å². The van der Waals surface area contributed by atoms with Crippen molar-refractivity contribution in [3.63, 3.8) is 0 Å². The molecule has 3 unspecified atom stereocenters. The molecule has 106 valence electrons. The molecule has 0 aromatic heterocycles. The molecular weight excluding hydrogens is 224 g/mol. The molecule has 2 aliphatic rings. The highest BCUT2D eigenvalue weighted by atomic mass is 16.5. The second-order valence-electron chi connectivity index (χ2n) is 6.43. The van der Waals surface area contributed by atoms with Crippen LogP contribution in [0.2, 0.25) is 0 Å². The molecule has 0 aliphatic carbocycles. The van der Waals surface area contributed by atoms with Crippen molar-refractivity contribution >= 4 is 0 Å². The van der Waals surface area contributed by atoms with E-state index >= 15 is 0 Å². The molecule has 2 fully saturated rings. The molecule has 0 saturated carbocycles. The van der Waals surface area contributed by atoms with Crippen molar-refractivity contribution in [1.82, 2.24) is 10.2 Å². The third kappa shape index (κ3) is 3.25. The van der Waals surface area contributed by atoms with E-state index in [9.17, 15) is 0 Å². The molecule has 0 radical (unpaired) electrons. The molecule has 0 aromatic rings. The normalized spacial score (nSPS) is 38.8. The molecule has 0 spiro atoms. The molecule has 0 bridgehead atoms. The summed E-state index contributed by atoms with van der Waals surface area (Å²) >= 11 is 0. The van der Waals surface area contributed by atoms with E-state index in [1.165, 1.54) is 38.8 Å². The van der Waals surface area contributed by atoms with Gasteiger partial charge >= 0.3 is 0 Å². The Morgan fingerprint density at radius 1 is 1.44 bits per heavy atom. The Morgan fingerprint density at radius 2 is 2.28 bits per heavy atom. The first-order valence-corrected chi connectivity index (χ1v) is 7.72. The summed E-state index contributed by atoms with van der Waals surface area (Å²) in [6, 6.07) is 0.717. The van der Waals surface area contributed by atoms with Gasteiger partial charge in [0.05, 0.1) is 6.61 Å². The van der Waals surface area contributed by atoms with Gasteiger partial charge in [-0.2, -0.15) is 0 Å². The van der Waals surface area contributed by atoms with Crippen LogP contribution in [0.3, 0.4) is 0 Å². The van der Waals surface area contributed by atoms with Gasteiger partial charge in [-0.05, 0) is 45.1 Å². The lowest BCUT2D eigenvalue weighted by Gasteiger charge is -2.49. The van der Waals surface area contributed by atoms with Crippen molar-refractivity contribution in [2.45, 2.75) is 58.0 Å². The van der Waals surface area contributed by atoms with Crippen LogP contribution in [0, 0.1) is 5.92 Å². The van der Waals surface area contributed by atoms with Gasteiger partial charge in [0, 0.05) is 31.3 Å². The van der Waals surface area contributed by atoms with Gasteiger partial charge in [-0.25, -0.2) is 0 Å². The third-order valence-electron chi connectivity index (χ3n) is 4.74. The topological polar surface area (TPSA) is 24.5 Å². The number of nitrogens with one attached hydrogen (secondary N) is 1. The number of likely N-dealkylation sites (tertiary alicyclic amines) is 1. The summed E-state index contributed by atoms with van der Waals surface area (Å²) in [6.45, 7) is 12.5. The number of hydrogen-bond acceptors (Lipinski definition) is 3. The summed E-state index contributed by atoms with van der Waals surface area (Å²) in [4.78, 5) is 2.68. The Hall–Kier alpha value is -0.120. The zero-order valence-electron chi connectivity index (χ0n) is 12.4. The molecule has 0 aromatic carbocycles. The third-order valence-corrected chi connectivity index (χ3v) is 4.74. The molecule has 2 aliphatic heterocycles. The van der Waals surface area contributed by atoms with E-state index in [2.05, 4.69) is 31.0 Å². The zero-order valence-corrected chi connectivity index (χ0v) is 12.4. The first-order valence-electron chi connectivity index (χ1n) is 7.72. The van der Waals surface area contributed by atoms with Crippen LogP contribution in [0.25, 0.3) is 0 Å². The van der Waals surface area contributed by atoms with E-state index in [0.29, 0.717) is 11.6 Å². The van der Waals surface area contributed by atoms with E-state index < -0.39 is 0 Å². The summed E-state index contributed by atoms with van der Waals surface area (Å²) in [5.74, 6) is 0.754. The van der Waals surface area contributed by atoms with Crippen LogP contribution in [-0.4, -0.2) is 49.3 Å². The Morgan fingerprint density at radius 3 is 2.89 bits per heavy atom. The summed E-state index contributed by atoms with van der Waals surface area (Å²) in [5.41, 5.74) is 0.294. The average Bonchev–Trinajstić information content (AvgIpc) is 2.38. The first-order chi connectivity index (χ1) is 8.65. The monoisotopic (exact) mass is 254 g/mol. The number of piperidine rings is 1. The van der Waals surface area contributed by atoms with Gasteiger partial charge in [0.25, 0.3) is 0 Å². The van der Waals surface area contributed by atoms with Crippen molar-refractivity contribution in [2.24, 2.45) is 5.92 Å². The van der Waals surface area contributed by atoms with Crippen molar-refractivity contribution in [1.29, 1.82) is 0 Å². The van der Waals surface area contributed by atoms with Gasteiger partial charge in [-0.1, -0.05) is 13.8 Å². The molecule has 1 N–H and O–H groups in total. The van der Waals surface area contributed by atoms with Crippen LogP contribution < -0.4 is 5.32 Å². The lowest BCUT2D eigenvalue weighted by atomic mass is 9.86. The minimum atomic E-state index is 0.294. The highest BCUT2D eigenvalue weighted by Gasteiger charge is 2.38. The second kappa shape index (κ2) is 6.36. The summed E-state index contributed by atoms with van der Waals surface area (Å²) < 4.78 is 5.71. The van der Waals surface area contributed by atoms with Gasteiger partial charge in [-0.3, -0.25) is 4.90 Å². The van der Waals surface area contributed by atoms with Crippen LogP contribution in [0.15, 0.2) is 0 Å². The van der Waals surface area contributed by atoms with Gasteiger partial charge in [0.2, 0.25) is 0 Å². The van der Waals surface area contributed by atoms with Crippen LogP contribution in [0.5, 0.6) is 0 Å². The predicted molar refractivity (Wildman–Crippen MR) is 75.9 cm³/mol. The van der Waals surface area contributed by atoms with Crippen LogP contribution in [0.4, 0.5) is 0 Å². The minimum absolute atomic E-state index is 0.294. The molecule has 2 rings (SSSR count). The SMILES string of the molecule is CCCNC1CCN(C2(C)CCCOC2)CC1C. The van der Waals surface area contributed by atoms with Crippen molar-refractivity contribution < 1.29 is 4.74 Å². The molecule has 0 amide bonds. The fraction of sp³-hybridized carbons (Fsp3) is 1.00. The van der Waals surface area contributed by atoms with Gasteiger partial charge < -0.3 is 10.1 Å². The van der Waals surface area contributed by atoms with Gasteiger partial charge in [-0.15, -0.1) is 0 Å². The second-order valence-corrected chi connectivity index (χ2v) is 6.43. The van der Waals surface area contributed by atoms with Gasteiger partial charge in [0.1, 0.15) is 0 Å².